The molecule has 0 unspecified atom stereocenters. The van der Waals surface area contributed by atoms with Crippen LogP contribution in [0, 0.1) is 0 Å². The molecule has 1 N–H and O–H groups in total. The van der Waals surface area contributed by atoms with Crippen molar-refractivity contribution < 1.29 is 43.1 Å². The van der Waals surface area contributed by atoms with Crippen LogP contribution in [-0.4, -0.2) is 108 Å². The predicted octanol–water partition coefficient (Wildman–Crippen LogP) is 5.82. The van der Waals surface area contributed by atoms with Gasteiger partial charge in [-0.2, -0.15) is 0 Å². The molecule has 278 valence electrons. The van der Waals surface area contributed by atoms with E-state index in [0.717, 1.165) is 66.2 Å². The molecule has 0 radical (unpaired) electrons. The lowest BCUT2D eigenvalue weighted by molar-refractivity contribution is -0.0928. The van der Waals surface area contributed by atoms with Gasteiger partial charge in [0.05, 0.1) is 50.7 Å². The summed E-state index contributed by atoms with van der Waals surface area (Å²) in [6.45, 7) is 5.88. The van der Waals surface area contributed by atoms with Gasteiger partial charge in [0.25, 0.3) is 0 Å². The number of likely N-dealkylation sites (tertiary alicyclic amines) is 1. The molecule has 1 fully saturated rings. The van der Waals surface area contributed by atoms with E-state index in [1.807, 2.05) is 54.6 Å². The van der Waals surface area contributed by atoms with Crippen molar-refractivity contribution in [3.8, 4) is 11.5 Å². The third-order valence-electron chi connectivity index (χ3n) is 9.20. The number of carbonyl (C=O) groups is 1. The number of piperidine rings is 1. The van der Waals surface area contributed by atoms with Gasteiger partial charge in [0.15, 0.2) is 0 Å². The molecule has 0 saturated carbocycles. The molecule has 1 amide bonds. The van der Waals surface area contributed by atoms with Crippen LogP contribution in [0.3, 0.4) is 0 Å². The van der Waals surface area contributed by atoms with Gasteiger partial charge in [-0.3, -0.25) is 0 Å². The summed E-state index contributed by atoms with van der Waals surface area (Å²) in [6, 6.07) is 23.9. The first-order valence-corrected chi connectivity index (χ1v) is 18.1. The van der Waals surface area contributed by atoms with Gasteiger partial charge in [0.2, 0.25) is 0 Å². The summed E-state index contributed by atoms with van der Waals surface area (Å²) in [6.07, 6.45) is 2.03. The monoisotopic (exact) mass is 706 g/mol. The Labute approximate surface area is 302 Å². The van der Waals surface area contributed by atoms with Gasteiger partial charge in [-0.05, 0) is 66.6 Å². The number of aliphatic hydroxyl groups is 1. The number of hydrogen-bond donors (Lipinski definition) is 1. The second-order valence-corrected chi connectivity index (χ2v) is 12.9. The Hall–Kier alpha value is -3.87. The van der Waals surface area contributed by atoms with E-state index in [2.05, 4.69) is 23.1 Å². The van der Waals surface area contributed by atoms with Gasteiger partial charge in [-0.15, -0.1) is 0 Å². The van der Waals surface area contributed by atoms with E-state index in [-0.39, 0.29) is 19.1 Å². The number of nitrogens with zero attached hydrogens (tertiary/aromatic N) is 2. The minimum absolute atomic E-state index is 0.0150. The van der Waals surface area contributed by atoms with E-state index in [1.165, 1.54) is 0 Å². The van der Waals surface area contributed by atoms with Gasteiger partial charge in [0, 0.05) is 53.1 Å². The van der Waals surface area contributed by atoms with Crippen molar-refractivity contribution in [3.63, 3.8) is 0 Å². The van der Waals surface area contributed by atoms with Gasteiger partial charge in [0.1, 0.15) is 24.7 Å². The highest BCUT2D eigenvalue weighted by Gasteiger charge is 2.41. The Balaban J connectivity index is 1.35. The summed E-state index contributed by atoms with van der Waals surface area (Å²) in [7, 11) is 3.43. The molecule has 5 rings (SSSR count). The lowest BCUT2D eigenvalue weighted by Crippen LogP contribution is -2.54. The van der Waals surface area contributed by atoms with Crippen LogP contribution in [0.25, 0.3) is 0 Å². The van der Waals surface area contributed by atoms with Crippen molar-refractivity contribution in [1.29, 1.82) is 0 Å². The smallest absolute Gasteiger partial charge is 0.410 e. The Morgan fingerprint density at radius 2 is 1.55 bits per heavy atom. The number of rotatable bonds is 20. The molecule has 3 atom stereocenters. The fraction of sp³-hybridized carbons (Fsp3) is 0.525. The van der Waals surface area contributed by atoms with Crippen molar-refractivity contribution in [2.24, 2.45) is 0 Å². The van der Waals surface area contributed by atoms with E-state index in [0.29, 0.717) is 59.2 Å². The fourth-order valence-electron chi connectivity index (χ4n) is 6.54. The maximum Gasteiger partial charge on any atom is 0.410 e. The Bertz CT molecular complexity index is 1440. The Morgan fingerprint density at radius 1 is 0.804 bits per heavy atom. The molecule has 51 heavy (non-hydrogen) atoms. The third-order valence-corrected chi connectivity index (χ3v) is 9.20. The number of aliphatic hydroxyl groups excluding tert-OH is 1. The number of anilines is 1. The lowest BCUT2D eigenvalue weighted by atomic mass is 9.84. The summed E-state index contributed by atoms with van der Waals surface area (Å²) in [5.41, 5.74) is 4.00. The van der Waals surface area contributed by atoms with Crippen LogP contribution in [-0.2, 0) is 36.9 Å². The Kier molecular flexibility index (Phi) is 15.7. The van der Waals surface area contributed by atoms with Crippen LogP contribution >= 0.6 is 0 Å². The zero-order valence-corrected chi connectivity index (χ0v) is 30.1. The molecular weight excluding hydrogens is 652 g/mol. The van der Waals surface area contributed by atoms with Crippen LogP contribution in [0.1, 0.15) is 48.3 Å². The summed E-state index contributed by atoms with van der Waals surface area (Å²) < 4.78 is 41.4. The van der Waals surface area contributed by atoms with Crippen molar-refractivity contribution in [3.05, 3.63) is 89.5 Å². The first kappa shape index (κ1) is 38.4. The second-order valence-electron chi connectivity index (χ2n) is 12.9. The van der Waals surface area contributed by atoms with Crippen molar-refractivity contribution in [2.75, 3.05) is 84.9 Å². The quantitative estimate of drug-likeness (QED) is 0.145. The molecule has 11 nitrogen and oxygen atoms in total. The zero-order valence-electron chi connectivity index (χ0n) is 30.1. The molecule has 0 aromatic heterocycles. The largest absolute Gasteiger partial charge is 0.494 e. The summed E-state index contributed by atoms with van der Waals surface area (Å²) in [4.78, 5) is 17.5. The SMILES string of the molecule is COCCCCOc1ccc([C@@H]2[C@@H](OCc3ccc4c(c3)N(CCCOC)CCO4)CN(C(=O)OCc3ccccc3)C[C@H]2OCCCO)cc1. The highest BCUT2D eigenvalue weighted by atomic mass is 16.6. The first-order valence-electron chi connectivity index (χ1n) is 18.1. The maximum atomic E-state index is 13.5. The summed E-state index contributed by atoms with van der Waals surface area (Å²) >= 11 is 0. The van der Waals surface area contributed by atoms with Crippen molar-refractivity contribution in [2.45, 2.75) is 57.0 Å². The number of fused-ring (bicyclic) bond motifs is 1. The van der Waals surface area contributed by atoms with Gasteiger partial charge in [-0.1, -0.05) is 48.5 Å². The molecule has 0 spiro atoms. The van der Waals surface area contributed by atoms with Crippen molar-refractivity contribution >= 4 is 11.8 Å². The minimum atomic E-state index is -0.420. The van der Waals surface area contributed by atoms with Crippen LogP contribution in [0.2, 0.25) is 0 Å². The third kappa shape index (κ3) is 11.6. The molecule has 11 heteroatoms. The fourth-order valence-corrected chi connectivity index (χ4v) is 6.54. The second kappa shape index (κ2) is 20.8. The average Bonchev–Trinajstić information content (AvgIpc) is 3.17. The molecule has 2 heterocycles. The van der Waals surface area contributed by atoms with E-state index in [1.54, 1.807) is 19.1 Å². The topological polar surface area (TPSA) is 108 Å². The molecule has 0 aliphatic carbocycles. The number of hydrogen-bond acceptors (Lipinski definition) is 10. The molecule has 2 aliphatic rings. The van der Waals surface area contributed by atoms with Crippen molar-refractivity contribution in [1.82, 2.24) is 4.90 Å². The molecule has 1 saturated heterocycles. The van der Waals surface area contributed by atoms with Gasteiger partial charge >= 0.3 is 6.09 Å². The highest BCUT2D eigenvalue weighted by molar-refractivity contribution is 5.68. The Morgan fingerprint density at radius 3 is 2.31 bits per heavy atom. The number of benzene rings is 3. The number of amides is 1. The van der Waals surface area contributed by atoms with E-state index >= 15 is 0 Å². The number of methoxy groups -OCH3 is 2. The first-order chi connectivity index (χ1) is 25.1. The number of carbonyl (C=O) groups excluding carboxylic acids is 1. The average molecular weight is 707 g/mol. The molecule has 3 aromatic rings. The number of ether oxygens (including phenoxy) is 7. The van der Waals surface area contributed by atoms with Gasteiger partial charge in [-0.25, -0.2) is 4.79 Å². The number of unbranched alkanes of at least 4 members (excludes halogenated alkanes) is 1. The van der Waals surface area contributed by atoms with Crippen LogP contribution < -0.4 is 14.4 Å². The molecule has 0 bridgehead atoms. The van der Waals surface area contributed by atoms with E-state index < -0.39 is 18.3 Å². The molecule has 2 aliphatic heterocycles. The minimum Gasteiger partial charge on any atom is -0.494 e. The maximum absolute atomic E-state index is 13.5. The standard InChI is InChI=1S/C40H54N2O9/c1-45-21-6-7-23-47-34-15-13-33(14-16-34)39-37(48-24-9-20-43)27-42(40(44)51-29-31-10-4-3-5-11-31)28-38(39)50-30-32-12-17-36-35(26-32)41(19-25-49-36)18-8-22-46-2/h3-5,10-17,26,37-39,43H,6-9,18-25,27-30H2,1-2H3/t37-,38+,39+/m1/s1. The lowest BCUT2D eigenvalue weighted by Gasteiger charge is -2.43. The predicted molar refractivity (Wildman–Crippen MR) is 195 cm³/mol. The zero-order chi connectivity index (χ0) is 35.7. The molecular formula is C40H54N2O9. The highest BCUT2D eigenvalue weighted by Crippen LogP contribution is 2.36. The summed E-state index contributed by atoms with van der Waals surface area (Å²) in [5, 5.41) is 9.54. The molecule has 3 aromatic carbocycles. The van der Waals surface area contributed by atoms with Gasteiger partial charge < -0.3 is 48.1 Å². The van der Waals surface area contributed by atoms with E-state index in [9.17, 15) is 9.90 Å². The van der Waals surface area contributed by atoms with Crippen LogP contribution in [0.15, 0.2) is 72.8 Å². The normalized spacial score (nSPS) is 18.6. The van der Waals surface area contributed by atoms with E-state index in [4.69, 9.17) is 33.2 Å². The summed E-state index contributed by atoms with van der Waals surface area (Å²) in [5.74, 6) is 1.47. The van der Waals surface area contributed by atoms with Crippen LogP contribution in [0.4, 0.5) is 10.5 Å². The van der Waals surface area contributed by atoms with Crippen LogP contribution in [0.5, 0.6) is 11.5 Å².